The van der Waals surface area contributed by atoms with Gasteiger partial charge in [0, 0.05) is 10.5 Å². The van der Waals surface area contributed by atoms with E-state index in [0.29, 0.717) is 10.8 Å². The third-order valence-corrected chi connectivity index (χ3v) is 3.30. The lowest BCUT2D eigenvalue weighted by atomic mass is 10.2. The lowest BCUT2D eigenvalue weighted by molar-refractivity contribution is -0.123. The smallest absolute Gasteiger partial charge is 0.258 e. The van der Waals surface area contributed by atoms with Crippen LogP contribution in [0.4, 0.5) is 0 Å². The minimum absolute atomic E-state index is 0.0213. The number of rotatable bonds is 5. The van der Waals surface area contributed by atoms with Gasteiger partial charge >= 0.3 is 0 Å². The van der Waals surface area contributed by atoms with Crippen molar-refractivity contribution in [2.24, 2.45) is 0 Å². The Bertz CT molecular complexity index is 414. The molecule has 1 aromatic rings. The minimum Gasteiger partial charge on any atom is -0.482 e. The number of aryl methyl sites for hydroxylation is 1. The fourth-order valence-electron chi connectivity index (χ4n) is 1.43. The monoisotopic (exact) mass is 333 g/mol. The van der Waals surface area contributed by atoms with Gasteiger partial charge in [0.1, 0.15) is 5.75 Å². The molecule has 100 valence electrons. The zero-order chi connectivity index (χ0) is 13.7. The largest absolute Gasteiger partial charge is 0.482 e. The topological polar surface area (TPSA) is 38.3 Å². The number of hydrogen-bond donors (Lipinski definition) is 1. The van der Waals surface area contributed by atoms with E-state index in [2.05, 4.69) is 21.2 Å². The number of hydrogen-bond acceptors (Lipinski definition) is 2. The molecule has 0 aliphatic carbocycles. The zero-order valence-electron chi connectivity index (χ0n) is 10.7. The summed E-state index contributed by atoms with van der Waals surface area (Å²) in [6, 6.07) is 3.80. The van der Waals surface area contributed by atoms with Crippen LogP contribution in [0.3, 0.4) is 0 Å². The van der Waals surface area contributed by atoms with Crippen molar-refractivity contribution >= 4 is 33.4 Å². The highest BCUT2D eigenvalue weighted by molar-refractivity contribution is 9.10. The molecule has 3 nitrogen and oxygen atoms in total. The highest BCUT2D eigenvalue weighted by Gasteiger charge is 2.11. The lowest BCUT2D eigenvalue weighted by Gasteiger charge is -2.14. The summed E-state index contributed by atoms with van der Waals surface area (Å²) in [4.78, 5) is 11.6. The molecule has 0 radical (unpaired) electrons. The fraction of sp³-hybridized carbons (Fsp3) is 0.462. The van der Waals surface area contributed by atoms with Gasteiger partial charge in [0.2, 0.25) is 0 Å². The van der Waals surface area contributed by atoms with Gasteiger partial charge < -0.3 is 10.1 Å². The quantitative estimate of drug-likeness (QED) is 0.891. The summed E-state index contributed by atoms with van der Waals surface area (Å²) in [5.74, 6) is 0.418. The van der Waals surface area contributed by atoms with Gasteiger partial charge in [-0.2, -0.15) is 0 Å². The molecule has 0 heterocycles. The van der Waals surface area contributed by atoms with Crippen LogP contribution >= 0.6 is 27.5 Å². The number of ether oxygens (including phenoxy) is 1. The number of carbonyl (C=O) groups is 1. The van der Waals surface area contributed by atoms with Gasteiger partial charge in [-0.25, -0.2) is 0 Å². The van der Waals surface area contributed by atoms with Crippen LogP contribution in [-0.4, -0.2) is 18.6 Å². The van der Waals surface area contributed by atoms with Crippen molar-refractivity contribution in [2.45, 2.75) is 33.2 Å². The van der Waals surface area contributed by atoms with E-state index in [1.165, 1.54) is 0 Å². The predicted octanol–water partition coefficient (Wildman–Crippen LogP) is 3.70. The van der Waals surface area contributed by atoms with Crippen molar-refractivity contribution in [3.63, 3.8) is 0 Å². The van der Waals surface area contributed by atoms with Crippen molar-refractivity contribution in [1.29, 1.82) is 0 Å². The summed E-state index contributed by atoms with van der Waals surface area (Å²) >= 11 is 9.41. The molecule has 1 aromatic carbocycles. The Morgan fingerprint density at radius 2 is 2.22 bits per heavy atom. The Labute approximate surface area is 121 Å². The summed E-state index contributed by atoms with van der Waals surface area (Å²) in [7, 11) is 0. The summed E-state index contributed by atoms with van der Waals surface area (Å²) in [6.45, 7) is 5.84. The minimum atomic E-state index is -0.136. The molecule has 0 aromatic heterocycles. The van der Waals surface area contributed by atoms with E-state index < -0.39 is 0 Å². The highest BCUT2D eigenvalue weighted by Crippen LogP contribution is 2.31. The van der Waals surface area contributed by atoms with E-state index in [1.807, 2.05) is 26.8 Å². The lowest BCUT2D eigenvalue weighted by Crippen LogP contribution is -2.35. The maximum Gasteiger partial charge on any atom is 0.258 e. The van der Waals surface area contributed by atoms with Crippen LogP contribution in [0, 0.1) is 6.92 Å². The van der Waals surface area contributed by atoms with Crippen LogP contribution in [0.2, 0.25) is 5.02 Å². The highest BCUT2D eigenvalue weighted by atomic mass is 79.9. The van der Waals surface area contributed by atoms with Gasteiger partial charge in [0.15, 0.2) is 6.61 Å². The van der Waals surface area contributed by atoms with Gasteiger partial charge in [-0.05, 0) is 38.0 Å². The molecule has 1 unspecified atom stereocenters. The van der Waals surface area contributed by atoms with Crippen LogP contribution in [0.15, 0.2) is 16.6 Å². The second-order valence-electron chi connectivity index (χ2n) is 4.20. The molecule has 0 aliphatic heterocycles. The number of amides is 1. The molecule has 18 heavy (non-hydrogen) atoms. The van der Waals surface area contributed by atoms with E-state index >= 15 is 0 Å². The molecule has 1 N–H and O–H groups in total. The van der Waals surface area contributed by atoms with Gasteiger partial charge in [0.25, 0.3) is 5.91 Å². The van der Waals surface area contributed by atoms with E-state index in [9.17, 15) is 4.79 Å². The molecule has 0 saturated heterocycles. The summed E-state index contributed by atoms with van der Waals surface area (Å²) < 4.78 is 6.36. The van der Waals surface area contributed by atoms with E-state index in [1.54, 1.807) is 6.07 Å². The first-order chi connectivity index (χ1) is 8.43. The van der Waals surface area contributed by atoms with Gasteiger partial charge in [0.05, 0.1) is 5.02 Å². The van der Waals surface area contributed by atoms with Crippen LogP contribution in [0.25, 0.3) is 0 Å². The zero-order valence-corrected chi connectivity index (χ0v) is 13.1. The normalized spacial score (nSPS) is 12.1. The van der Waals surface area contributed by atoms with E-state index in [0.717, 1.165) is 16.5 Å². The Kier molecular flexibility index (Phi) is 5.96. The molecule has 1 atom stereocenters. The van der Waals surface area contributed by atoms with E-state index in [4.69, 9.17) is 16.3 Å². The van der Waals surface area contributed by atoms with Crippen molar-refractivity contribution < 1.29 is 9.53 Å². The molecule has 1 amide bonds. The molecular formula is C13H17BrClNO2. The maximum atomic E-state index is 11.6. The Morgan fingerprint density at radius 1 is 1.56 bits per heavy atom. The molecule has 1 rings (SSSR count). The van der Waals surface area contributed by atoms with Crippen LogP contribution < -0.4 is 10.1 Å². The Morgan fingerprint density at radius 3 is 2.78 bits per heavy atom. The summed E-state index contributed by atoms with van der Waals surface area (Å²) in [6.07, 6.45) is 0.893. The molecule has 0 aliphatic rings. The first kappa shape index (κ1) is 15.3. The molecule has 5 heteroatoms. The number of halogens is 2. The maximum absolute atomic E-state index is 11.6. The Hall–Kier alpha value is -0.740. The van der Waals surface area contributed by atoms with Crippen molar-refractivity contribution in [3.8, 4) is 5.75 Å². The fourth-order valence-corrected chi connectivity index (χ4v) is 2.45. The SMILES string of the molecule is CCC(C)NC(=O)COc1c(C)cc(Br)cc1Cl. The third kappa shape index (κ3) is 4.50. The Balaban J connectivity index is 2.61. The van der Waals surface area contributed by atoms with Crippen LogP contribution in [0.5, 0.6) is 5.75 Å². The molecular weight excluding hydrogens is 318 g/mol. The van der Waals surface area contributed by atoms with Crippen molar-refractivity contribution in [1.82, 2.24) is 5.32 Å². The standard InChI is InChI=1S/C13H17BrClNO2/c1-4-9(3)16-12(17)7-18-13-8(2)5-10(14)6-11(13)15/h5-6,9H,4,7H2,1-3H3,(H,16,17). The second-order valence-corrected chi connectivity index (χ2v) is 5.52. The van der Waals surface area contributed by atoms with Crippen molar-refractivity contribution in [2.75, 3.05) is 6.61 Å². The molecule has 0 saturated carbocycles. The van der Waals surface area contributed by atoms with Gasteiger partial charge in [-0.15, -0.1) is 0 Å². The molecule has 0 fully saturated rings. The average molecular weight is 335 g/mol. The molecule has 0 bridgehead atoms. The first-order valence-corrected chi connectivity index (χ1v) is 6.99. The molecule has 0 spiro atoms. The summed E-state index contributed by atoms with van der Waals surface area (Å²) in [5, 5.41) is 3.33. The summed E-state index contributed by atoms with van der Waals surface area (Å²) in [5.41, 5.74) is 0.894. The second kappa shape index (κ2) is 7.00. The van der Waals surface area contributed by atoms with Gasteiger partial charge in [-0.3, -0.25) is 4.79 Å². The average Bonchev–Trinajstić information content (AvgIpc) is 2.27. The number of nitrogens with one attached hydrogen (secondary N) is 1. The number of carbonyl (C=O) groups excluding carboxylic acids is 1. The van der Waals surface area contributed by atoms with Gasteiger partial charge in [-0.1, -0.05) is 34.5 Å². The third-order valence-electron chi connectivity index (χ3n) is 2.56. The number of benzene rings is 1. The van der Waals surface area contributed by atoms with Crippen LogP contribution in [-0.2, 0) is 4.79 Å². The van der Waals surface area contributed by atoms with Crippen molar-refractivity contribution in [3.05, 3.63) is 27.2 Å². The first-order valence-electron chi connectivity index (χ1n) is 5.81. The predicted molar refractivity (Wildman–Crippen MR) is 77.3 cm³/mol. The van der Waals surface area contributed by atoms with Crippen LogP contribution in [0.1, 0.15) is 25.8 Å². The van der Waals surface area contributed by atoms with E-state index in [-0.39, 0.29) is 18.6 Å².